The fourth-order valence-corrected chi connectivity index (χ4v) is 3.95. The van der Waals surface area contributed by atoms with Gasteiger partial charge in [0.2, 0.25) is 0 Å². The first-order valence-corrected chi connectivity index (χ1v) is 12.7. The topological polar surface area (TPSA) is 20.2 Å². The van der Waals surface area contributed by atoms with E-state index in [0.29, 0.717) is 12.0 Å². The summed E-state index contributed by atoms with van der Waals surface area (Å²) in [7, 11) is 0. The third kappa shape index (κ3) is 26.0. The summed E-state index contributed by atoms with van der Waals surface area (Å²) in [5.41, 5.74) is 0.529. The quantitative estimate of drug-likeness (QED) is 0.196. The van der Waals surface area contributed by atoms with Crippen LogP contribution in [0.2, 0.25) is 0 Å². The second-order valence-corrected chi connectivity index (χ2v) is 10.1. The number of aliphatic hydroxyl groups excluding tert-OH is 1. The van der Waals surface area contributed by atoms with Crippen LogP contribution in [-0.2, 0) is 0 Å². The highest BCUT2D eigenvalue weighted by atomic mass is 16.2. The predicted molar refractivity (Wildman–Crippen MR) is 123 cm³/mol. The van der Waals surface area contributed by atoms with Crippen LogP contribution in [-0.4, -0.2) is 11.7 Å². The monoisotopic (exact) mass is 382 g/mol. The SMILES string of the molecule is CC(C)(C)CCCCCCCCCCCCCCCCCCCCCCO. The molecule has 0 bridgehead atoms. The van der Waals surface area contributed by atoms with Crippen LogP contribution in [0.25, 0.3) is 0 Å². The molecule has 0 unspecified atom stereocenters. The van der Waals surface area contributed by atoms with Gasteiger partial charge >= 0.3 is 0 Å². The molecule has 0 saturated carbocycles. The van der Waals surface area contributed by atoms with Gasteiger partial charge in [0.15, 0.2) is 0 Å². The molecule has 0 heterocycles. The Morgan fingerprint density at radius 3 is 0.815 bits per heavy atom. The van der Waals surface area contributed by atoms with Gasteiger partial charge in [0, 0.05) is 6.61 Å². The Hall–Kier alpha value is -0.0400. The van der Waals surface area contributed by atoms with E-state index in [1.165, 1.54) is 128 Å². The van der Waals surface area contributed by atoms with Crippen LogP contribution in [0.4, 0.5) is 0 Å². The van der Waals surface area contributed by atoms with Crippen LogP contribution >= 0.6 is 0 Å². The molecule has 0 amide bonds. The standard InChI is InChI=1S/C26H54O/c1-26(2,3)24-22-20-18-16-14-12-10-8-6-4-5-7-9-11-13-15-17-19-21-23-25-27/h27H,4-25H2,1-3H3. The van der Waals surface area contributed by atoms with Crippen molar-refractivity contribution in [1.29, 1.82) is 0 Å². The van der Waals surface area contributed by atoms with Crippen molar-refractivity contribution in [3.05, 3.63) is 0 Å². The Balaban J connectivity index is 3.01. The Labute approximate surface area is 173 Å². The minimum Gasteiger partial charge on any atom is -0.396 e. The summed E-state index contributed by atoms with van der Waals surface area (Å²) in [6.07, 6.45) is 29.5. The highest BCUT2D eigenvalue weighted by Crippen LogP contribution is 2.22. The summed E-state index contributed by atoms with van der Waals surface area (Å²) in [4.78, 5) is 0. The molecule has 0 aromatic heterocycles. The van der Waals surface area contributed by atoms with E-state index < -0.39 is 0 Å². The fourth-order valence-electron chi connectivity index (χ4n) is 3.95. The van der Waals surface area contributed by atoms with E-state index in [9.17, 15) is 0 Å². The van der Waals surface area contributed by atoms with Crippen molar-refractivity contribution in [2.75, 3.05) is 6.61 Å². The maximum Gasteiger partial charge on any atom is 0.0431 e. The van der Waals surface area contributed by atoms with Gasteiger partial charge in [-0.25, -0.2) is 0 Å². The summed E-state index contributed by atoms with van der Waals surface area (Å²) in [6, 6.07) is 0. The molecule has 0 aliphatic rings. The van der Waals surface area contributed by atoms with Crippen molar-refractivity contribution in [2.24, 2.45) is 5.41 Å². The number of aliphatic hydroxyl groups is 1. The zero-order valence-corrected chi connectivity index (χ0v) is 19.5. The molecule has 0 aromatic carbocycles. The second kappa shape index (κ2) is 20.7. The van der Waals surface area contributed by atoms with Crippen molar-refractivity contribution >= 4 is 0 Å². The van der Waals surface area contributed by atoms with Crippen LogP contribution in [0.1, 0.15) is 156 Å². The fraction of sp³-hybridized carbons (Fsp3) is 1.00. The zero-order valence-electron chi connectivity index (χ0n) is 19.5. The first kappa shape index (κ1) is 27.0. The van der Waals surface area contributed by atoms with Gasteiger partial charge in [0.1, 0.15) is 0 Å². The molecule has 0 spiro atoms. The number of unbranched alkanes of at least 4 members (excludes halogenated alkanes) is 19. The molecule has 0 fully saturated rings. The summed E-state index contributed by atoms with van der Waals surface area (Å²) < 4.78 is 0. The Morgan fingerprint density at radius 2 is 0.593 bits per heavy atom. The molecular weight excluding hydrogens is 328 g/mol. The lowest BCUT2D eigenvalue weighted by Gasteiger charge is -2.17. The Bertz CT molecular complexity index is 266. The zero-order chi connectivity index (χ0) is 20.1. The van der Waals surface area contributed by atoms with E-state index in [2.05, 4.69) is 20.8 Å². The van der Waals surface area contributed by atoms with Crippen molar-refractivity contribution in [1.82, 2.24) is 0 Å². The molecule has 0 aliphatic heterocycles. The molecule has 1 heteroatoms. The minimum absolute atomic E-state index is 0.373. The van der Waals surface area contributed by atoms with E-state index in [1.807, 2.05) is 0 Å². The summed E-state index contributed by atoms with van der Waals surface area (Å²) in [6.45, 7) is 7.45. The van der Waals surface area contributed by atoms with Gasteiger partial charge < -0.3 is 5.11 Å². The summed E-state index contributed by atoms with van der Waals surface area (Å²) in [5.74, 6) is 0. The van der Waals surface area contributed by atoms with Gasteiger partial charge in [0.05, 0.1) is 0 Å². The van der Waals surface area contributed by atoms with Crippen LogP contribution in [0.3, 0.4) is 0 Å². The van der Waals surface area contributed by atoms with Crippen molar-refractivity contribution < 1.29 is 5.11 Å². The average molecular weight is 383 g/mol. The minimum atomic E-state index is 0.373. The van der Waals surface area contributed by atoms with Crippen molar-refractivity contribution in [2.45, 2.75) is 156 Å². The number of rotatable bonds is 21. The summed E-state index contributed by atoms with van der Waals surface area (Å²) >= 11 is 0. The molecule has 0 aliphatic carbocycles. The van der Waals surface area contributed by atoms with Gasteiger partial charge in [-0.3, -0.25) is 0 Å². The first-order valence-electron chi connectivity index (χ1n) is 12.7. The normalized spacial score (nSPS) is 12.0. The van der Waals surface area contributed by atoms with E-state index >= 15 is 0 Å². The van der Waals surface area contributed by atoms with E-state index in [-0.39, 0.29) is 0 Å². The lowest BCUT2D eigenvalue weighted by Crippen LogP contribution is -2.03. The first-order chi connectivity index (χ1) is 13.1. The van der Waals surface area contributed by atoms with Gasteiger partial charge in [-0.1, -0.05) is 143 Å². The lowest BCUT2D eigenvalue weighted by molar-refractivity contribution is 0.282. The molecule has 0 aromatic rings. The van der Waals surface area contributed by atoms with Crippen molar-refractivity contribution in [3.8, 4) is 0 Å². The maximum atomic E-state index is 8.74. The van der Waals surface area contributed by atoms with Crippen molar-refractivity contribution in [3.63, 3.8) is 0 Å². The van der Waals surface area contributed by atoms with E-state index in [4.69, 9.17) is 5.11 Å². The molecule has 0 radical (unpaired) electrons. The summed E-state index contributed by atoms with van der Waals surface area (Å²) in [5, 5.41) is 8.74. The molecule has 0 atom stereocenters. The molecular formula is C26H54O. The highest BCUT2D eigenvalue weighted by molar-refractivity contribution is 4.61. The van der Waals surface area contributed by atoms with Crippen LogP contribution in [0, 0.1) is 5.41 Å². The maximum absolute atomic E-state index is 8.74. The van der Waals surface area contributed by atoms with Gasteiger partial charge in [-0.05, 0) is 18.3 Å². The number of hydrogen-bond donors (Lipinski definition) is 1. The van der Waals surface area contributed by atoms with Crippen LogP contribution in [0.15, 0.2) is 0 Å². The third-order valence-electron chi connectivity index (χ3n) is 5.83. The van der Waals surface area contributed by atoms with Gasteiger partial charge in [0.25, 0.3) is 0 Å². The Kier molecular flexibility index (Phi) is 20.7. The van der Waals surface area contributed by atoms with E-state index in [1.54, 1.807) is 0 Å². The molecule has 1 N–H and O–H groups in total. The third-order valence-corrected chi connectivity index (χ3v) is 5.83. The molecule has 0 rings (SSSR count). The molecule has 27 heavy (non-hydrogen) atoms. The van der Waals surface area contributed by atoms with E-state index in [0.717, 1.165) is 6.42 Å². The smallest absolute Gasteiger partial charge is 0.0431 e. The van der Waals surface area contributed by atoms with Gasteiger partial charge in [-0.15, -0.1) is 0 Å². The van der Waals surface area contributed by atoms with Crippen LogP contribution < -0.4 is 0 Å². The lowest BCUT2D eigenvalue weighted by atomic mass is 9.89. The predicted octanol–water partition coefficient (Wildman–Crippen LogP) is 9.22. The second-order valence-electron chi connectivity index (χ2n) is 10.1. The number of hydrogen-bond acceptors (Lipinski definition) is 1. The average Bonchev–Trinajstić information content (AvgIpc) is 2.62. The molecule has 0 saturated heterocycles. The van der Waals surface area contributed by atoms with Crippen LogP contribution in [0.5, 0.6) is 0 Å². The largest absolute Gasteiger partial charge is 0.396 e. The highest BCUT2D eigenvalue weighted by Gasteiger charge is 2.08. The molecule has 164 valence electrons. The van der Waals surface area contributed by atoms with Gasteiger partial charge in [-0.2, -0.15) is 0 Å². The molecule has 1 nitrogen and oxygen atoms in total. The Morgan fingerprint density at radius 1 is 0.370 bits per heavy atom.